The van der Waals surface area contributed by atoms with Crippen molar-refractivity contribution in [3.05, 3.63) is 158 Å². The maximum absolute atomic E-state index is 15.6. The van der Waals surface area contributed by atoms with Crippen LogP contribution in [0.3, 0.4) is 0 Å². The summed E-state index contributed by atoms with van der Waals surface area (Å²) in [6.07, 6.45) is 3.32. The summed E-state index contributed by atoms with van der Waals surface area (Å²) in [5.74, 6) is 0.382. The fourth-order valence-corrected chi connectivity index (χ4v) is 10.9. The largest absolute Gasteiger partial charge is 0.309 e. The van der Waals surface area contributed by atoms with E-state index in [9.17, 15) is 0 Å². The van der Waals surface area contributed by atoms with Gasteiger partial charge in [0.05, 0.1) is 0 Å². The maximum Gasteiger partial charge on any atom is 0.171 e. The Bertz CT molecular complexity index is 1630. The van der Waals surface area contributed by atoms with Crippen molar-refractivity contribution < 1.29 is 9.13 Å². The summed E-state index contributed by atoms with van der Waals surface area (Å²) in [5.41, 5.74) is 0.537. The lowest BCUT2D eigenvalue weighted by Crippen LogP contribution is -2.33. The van der Waals surface area contributed by atoms with Gasteiger partial charge in [-0.2, -0.15) is 0 Å². The van der Waals surface area contributed by atoms with Crippen LogP contribution in [0, 0.1) is 0 Å². The summed E-state index contributed by atoms with van der Waals surface area (Å²) >= 11 is 0. The van der Waals surface area contributed by atoms with E-state index < -0.39 is 14.3 Å². The Morgan fingerprint density at radius 3 is 1.02 bits per heavy atom. The van der Waals surface area contributed by atoms with E-state index in [1.165, 1.54) is 0 Å². The minimum absolute atomic E-state index is 0.382. The average molecular weight is 557 g/mol. The van der Waals surface area contributed by atoms with E-state index in [0.717, 1.165) is 0 Å². The Morgan fingerprint density at radius 2 is 0.700 bits per heavy atom. The van der Waals surface area contributed by atoms with Crippen LogP contribution in [-0.2, 0) is 9.13 Å². The molecule has 6 rings (SSSR count). The molecule has 0 spiro atoms. The van der Waals surface area contributed by atoms with Gasteiger partial charge >= 0.3 is 0 Å². The molecule has 0 unspecified atom stereocenters. The van der Waals surface area contributed by atoms with Gasteiger partial charge in [-0.25, -0.2) is 9.97 Å². The molecule has 0 aliphatic heterocycles. The summed E-state index contributed by atoms with van der Waals surface area (Å²) in [7, 11) is -6.92. The Labute approximate surface area is 234 Å². The highest BCUT2D eigenvalue weighted by Gasteiger charge is 2.39. The second kappa shape index (κ2) is 11.0. The molecule has 0 radical (unpaired) electrons. The van der Waals surface area contributed by atoms with Crippen LogP contribution >= 0.6 is 14.3 Å². The van der Waals surface area contributed by atoms with Crippen LogP contribution in [0.15, 0.2) is 158 Å². The molecule has 194 valence electrons. The van der Waals surface area contributed by atoms with Crippen molar-refractivity contribution in [1.29, 1.82) is 0 Å². The topological polar surface area (TPSA) is 59.9 Å². The van der Waals surface area contributed by atoms with Crippen LogP contribution in [-0.4, -0.2) is 9.97 Å². The molecule has 0 aliphatic carbocycles. The lowest BCUT2D eigenvalue weighted by atomic mass is 10.2. The molecule has 0 saturated carbocycles. The number of aromatic nitrogens is 2. The summed E-state index contributed by atoms with van der Waals surface area (Å²) in [6, 6.07) is 45.3. The normalized spacial score (nSPS) is 11.7. The predicted octanol–water partition coefficient (Wildman–Crippen LogP) is 5.42. The zero-order valence-corrected chi connectivity index (χ0v) is 23.4. The molecule has 1 aromatic heterocycles. The van der Waals surface area contributed by atoms with Crippen LogP contribution in [0.2, 0.25) is 0 Å². The van der Waals surface area contributed by atoms with Crippen LogP contribution in [0.5, 0.6) is 0 Å². The summed E-state index contributed by atoms with van der Waals surface area (Å²) in [4.78, 5) is 9.24. The highest BCUT2D eigenvalue weighted by atomic mass is 31.2. The van der Waals surface area contributed by atoms with Crippen molar-refractivity contribution in [3.8, 4) is 11.4 Å². The SMILES string of the molecule is O=P(c1ccccc1)(c1ccccc1)c1cccc(P(=O)(c2ccccc2)c2ccccc2)c1-c1ncccn1. The molecule has 40 heavy (non-hydrogen) atoms. The molecule has 5 aromatic carbocycles. The van der Waals surface area contributed by atoms with Crippen LogP contribution < -0.4 is 31.8 Å². The minimum atomic E-state index is -3.46. The van der Waals surface area contributed by atoms with Gasteiger partial charge < -0.3 is 9.13 Å². The van der Waals surface area contributed by atoms with E-state index in [4.69, 9.17) is 0 Å². The van der Waals surface area contributed by atoms with Crippen molar-refractivity contribution >= 4 is 46.1 Å². The Balaban J connectivity index is 1.77. The van der Waals surface area contributed by atoms with Gasteiger partial charge in [0, 0.05) is 49.8 Å². The van der Waals surface area contributed by atoms with Crippen LogP contribution in [0.25, 0.3) is 11.4 Å². The van der Waals surface area contributed by atoms with Gasteiger partial charge in [-0.3, -0.25) is 0 Å². The summed E-state index contributed by atoms with van der Waals surface area (Å²) in [5, 5.41) is 3.85. The average Bonchev–Trinajstić information content (AvgIpc) is 3.05. The molecule has 0 atom stereocenters. The van der Waals surface area contributed by atoms with Gasteiger partial charge in [0.2, 0.25) is 0 Å². The third-order valence-electron chi connectivity index (χ3n) is 6.97. The van der Waals surface area contributed by atoms with Crippen molar-refractivity contribution in [2.45, 2.75) is 0 Å². The standard InChI is InChI=1S/C34H26N2O2P2/c37-39(27-15-5-1-6-16-27,28-17-7-2-8-18-28)31-23-13-24-32(33(31)34-35-25-14-26-36-34)40(38,29-19-9-3-10-20-29)30-21-11-4-12-22-30/h1-26H. The van der Waals surface area contributed by atoms with E-state index in [-0.39, 0.29) is 0 Å². The monoisotopic (exact) mass is 556 g/mol. The second-order valence-electron chi connectivity index (χ2n) is 9.30. The summed E-state index contributed by atoms with van der Waals surface area (Å²) in [6.45, 7) is 0. The van der Waals surface area contributed by atoms with Gasteiger partial charge in [-0.15, -0.1) is 0 Å². The molecule has 0 amide bonds. The number of nitrogens with zero attached hydrogens (tertiary/aromatic N) is 2. The van der Waals surface area contributed by atoms with E-state index in [1.807, 2.05) is 140 Å². The molecular weight excluding hydrogens is 530 g/mol. The van der Waals surface area contributed by atoms with E-state index in [2.05, 4.69) is 9.97 Å². The first-order valence-electron chi connectivity index (χ1n) is 13.0. The number of rotatable bonds is 7. The third-order valence-corrected chi connectivity index (χ3v) is 13.2. The Morgan fingerprint density at radius 1 is 0.375 bits per heavy atom. The molecule has 0 fully saturated rings. The molecule has 0 bridgehead atoms. The highest BCUT2D eigenvalue weighted by Crippen LogP contribution is 2.49. The Hall–Kier alpha value is -4.36. The molecule has 1 heterocycles. The number of benzene rings is 5. The van der Waals surface area contributed by atoms with Gasteiger partial charge in [-0.1, -0.05) is 140 Å². The highest BCUT2D eigenvalue weighted by molar-refractivity contribution is 7.87. The maximum atomic E-state index is 15.6. The first-order valence-corrected chi connectivity index (χ1v) is 16.4. The molecule has 0 saturated heterocycles. The van der Waals surface area contributed by atoms with Crippen molar-refractivity contribution in [2.75, 3.05) is 0 Å². The third kappa shape index (κ3) is 4.46. The molecule has 4 nitrogen and oxygen atoms in total. The molecule has 0 aliphatic rings. The first kappa shape index (κ1) is 25.9. The zero-order chi connectivity index (χ0) is 27.4. The minimum Gasteiger partial charge on any atom is -0.309 e. The summed E-state index contributed by atoms with van der Waals surface area (Å²) < 4.78 is 31.2. The lowest BCUT2D eigenvalue weighted by molar-refractivity contribution is 0.592. The molecule has 6 heteroatoms. The predicted molar refractivity (Wildman–Crippen MR) is 166 cm³/mol. The second-order valence-corrected chi connectivity index (χ2v) is 14.8. The van der Waals surface area contributed by atoms with Gasteiger partial charge in [0.15, 0.2) is 20.1 Å². The number of hydrogen-bond donors (Lipinski definition) is 0. The molecule has 6 aromatic rings. The fraction of sp³-hybridized carbons (Fsp3) is 0. The molecular formula is C34H26N2O2P2. The van der Waals surface area contributed by atoms with E-state index >= 15 is 9.13 Å². The fourth-order valence-electron chi connectivity index (χ4n) is 5.12. The Kier molecular flexibility index (Phi) is 7.13. The quantitative estimate of drug-likeness (QED) is 0.247. The van der Waals surface area contributed by atoms with E-state index in [1.54, 1.807) is 18.5 Å². The van der Waals surface area contributed by atoms with Gasteiger partial charge in [-0.05, 0) is 6.07 Å². The van der Waals surface area contributed by atoms with E-state index in [0.29, 0.717) is 43.2 Å². The lowest BCUT2D eigenvalue weighted by Gasteiger charge is -2.27. The van der Waals surface area contributed by atoms with Crippen LogP contribution in [0.4, 0.5) is 0 Å². The molecule has 0 N–H and O–H groups in total. The van der Waals surface area contributed by atoms with Gasteiger partial charge in [0.1, 0.15) is 0 Å². The van der Waals surface area contributed by atoms with Gasteiger partial charge in [0.25, 0.3) is 0 Å². The van der Waals surface area contributed by atoms with Crippen molar-refractivity contribution in [1.82, 2.24) is 9.97 Å². The van der Waals surface area contributed by atoms with Crippen molar-refractivity contribution in [2.24, 2.45) is 0 Å². The van der Waals surface area contributed by atoms with Crippen molar-refractivity contribution in [3.63, 3.8) is 0 Å². The first-order chi connectivity index (χ1) is 19.6. The number of hydrogen-bond acceptors (Lipinski definition) is 4. The van der Waals surface area contributed by atoms with Crippen LogP contribution in [0.1, 0.15) is 0 Å². The zero-order valence-electron chi connectivity index (χ0n) is 21.6. The smallest absolute Gasteiger partial charge is 0.171 e.